The van der Waals surface area contributed by atoms with Gasteiger partial charge in [-0.15, -0.1) is 0 Å². The van der Waals surface area contributed by atoms with Crippen molar-refractivity contribution in [2.24, 2.45) is 0 Å². The van der Waals surface area contributed by atoms with Crippen LogP contribution in [0.2, 0.25) is 0 Å². The van der Waals surface area contributed by atoms with Gasteiger partial charge >= 0.3 is 0 Å². The van der Waals surface area contributed by atoms with E-state index in [-0.39, 0.29) is 0 Å². The van der Waals surface area contributed by atoms with Gasteiger partial charge in [-0.1, -0.05) is 152 Å². The summed E-state index contributed by atoms with van der Waals surface area (Å²) in [6.45, 7) is 0. The van der Waals surface area contributed by atoms with Crippen LogP contribution >= 0.6 is 0 Å². The molecular formula is C48H36N2. The van der Waals surface area contributed by atoms with Crippen LogP contribution in [-0.4, -0.2) is 0 Å². The summed E-state index contributed by atoms with van der Waals surface area (Å²) in [5, 5.41) is 0. The lowest BCUT2D eigenvalue weighted by Crippen LogP contribution is -2.12. The van der Waals surface area contributed by atoms with E-state index in [9.17, 15) is 0 Å². The smallest absolute Gasteiger partial charge is 0.0546 e. The Labute approximate surface area is 294 Å². The van der Waals surface area contributed by atoms with E-state index >= 15 is 0 Å². The molecule has 0 aliphatic rings. The maximum atomic E-state index is 2.37. The lowest BCUT2D eigenvalue weighted by atomic mass is 9.86. The summed E-state index contributed by atoms with van der Waals surface area (Å²) in [5.41, 5.74) is 13.7. The van der Waals surface area contributed by atoms with Crippen molar-refractivity contribution in [3.8, 4) is 33.4 Å². The lowest BCUT2D eigenvalue weighted by molar-refractivity contribution is 1.28. The highest BCUT2D eigenvalue weighted by Gasteiger charge is 2.23. The van der Waals surface area contributed by atoms with Crippen molar-refractivity contribution < 1.29 is 0 Å². The first-order chi connectivity index (χ1) is 24.8. The van der Waals surface area contributed by atoms with E-state index in [2.05, 4.69) is 228 Å². The summed E-state index contributed by atoms with van der Waals surface area (Å²) < 4.78 is 0. The number of anilines is 6. The summed E-state index contributed by atoms with van der Waals surface area (Å²) >= 11 is 0. The highest BCUT2D eigenvalue weighted by atomic mass is 15.1. The molecule has 0 aromatic heterocycles. The van der Waals surface area contributed by atoms with Crippen molar-refractivity contribution in [1.82, 2.24) is 0 Å². The number of para-hydroxylation sites is 4. The van der Waals surface area contributed by atoms with E-state index in [1.165, 1.54) is 22.3 Å². The van der Waals surface area contributed by atoms with E-state index in [0.29, 0.717) is 0 Å². The molecule has 50 heavy (non-hydrogen) atoms. The Hall–Kier alpha value is -6.64. The Morgan fingerprint density at radius 1 is 0.220 bits per heavy atom. The molecule has 0 spiro atoms. The SMILES string of the molecule is c1ccc(-c2c(-c3ccc(N(c4ccccc4)c4ccccc4)cc3)ccc(N(c3ccccc3)c3ccccc3)c2-c2ccccc2)cc1. The third-order valence-corrected chi connectivity index (χ3v) is 9.04. The van der Waals surface area contributed by atoms with E-state index in [1.807, 2.05) is 0 Å². The zero-order chi connectivity index (χ0) is 33.5. The minimum atomic E-state index is 1.10. The van der Waals surface area contributed by atoms with Crippen LogP contribution in [0.15, 0.2) is 218 Å². The summed E-state index contributed by atoms with van der Waals surface area (Å²) in [6, 6.07) is 77.6. The molecular weight excluding hydrogens is 605 g/mol. The Morgan fingerprint density at radius 2 is 0.560 bits per heavy atom. The molecule has 0 radical (unpaired) electrons. The fraction of sp³-hybridized carbons (Fsp3) is 0. The van der Waals surface area contributed by atoms with Gasteiger partial charge in [0.1, 0.15) is 0 Å². The average molecular weight is 641 g/mol. The molecule has 0 saturated heterocycles. The Balaban J connectivity index is 1.35. The topological polar surface area (TPSA) is 6.48 Å². The van der Waals surface area contributed by atoms with Gasteiger partial charge in [-0.3, -0.25) is 0 Å². The van der Waals surface area contributed by atoms with Gasteiger partial charge in [-0.25, -0.2) is 0 Å². The number of rotatable bonds is 9. The molecule has 0 N–H and O–H groups in total. The van der Waals surface area contributed by atoms with Gasteiger partial charge in [0.05, 0.1) is 5.69 Å². The van der Waals surface area contributed by atoms with E-state index in [1.54, 1.807) is 0 Å². The Bertz CT molecular complexity index is 2190. The molecule has 8 aromatic carbocycles. The van der Waals surface area contributed by atoms with Crippen molar-refractivity contribution >= 4 is 34.1 Å². The molecule has 0 atom stereocenters. The maximum Gasteiger partial charge on any atom is 0.0546 e. The number of nitrogens with zero attached hydrogens (tertiary/aromatic N) is 2. The molecule has 0 saturated carbocycles. The van der Waals surface area contributed by atoms with Gasteiger partial charge in [0.2, 0.25) is 0 Å². The third-order valence-electron chi connectivity index (χ3n) is 9.04. The van der Waals surface area contributed by atoms with Gasteiger partial charge in [-0.05, 0) is 94.5 Å². The molecule has 2 nitrogen and oxygen atoms in total. The molecule has 238 valence electrons. The van der Waals surface area contributed by atoms with Crippen molar-refractivity contribution in [2.45, 2.75) is 0 Å². The second-order valence-corrected chi connectivity index (χ2v) is 12.2. The van der Waals surface area contributed by atoms with Gasteiger partial charge < -0.3 is 9.80 Å². The molecule has 0 aliphatic heterocycles. The first-order valence-electron chi connectivity index (χ1n) is 17.0. The first-order valence-corrected chi connectivity index (χ1v) is 17.0. The van der Waals surface area contributed by atoms with E-state index in [0.717, 1.165) is 45.3 Å². The van der Waals surface area contributed by atoms with Crippen LogP contribution in [0.5, 0.6) is 0 Å². The summed E-state index contributed by atoms with van der Waals surface area (Å²) in [4.78, 5) is 4.68. The van der Waals surface area contributed by atoms with Crippen molar-refractivity contribution in [1.29, 1.82) is 0 Å². The fourth-order valence-corrected chi connectivity index (χ4v) is 6.79. The molecule has 8 aromatic rings. The van der Waals surface area contributed by atoms with Crippen LogP contribution < -0.4 is 9.80 Å². The molecule has 0 aliphatic carbocycles. The number of hydrogen-bond acceptors (Lipinski definition) is 2. The molecule has 0 bridgehead atoms. The Morgan fingerprint density at radius 3 is 0.980 bits per heavy atom. The molecule has 0 fully saturated rings. The molecule has 8 rings (SSSR count). The van der Waals surface area contributed by atoms with Gasteiger partial charge in [0.25, 0.3) is 0 Å². The highest BCUT2D eigenvalue weighted by Crippen LogP contribution is 2.49. The minimum absolute atomic E-state index is 1.10. The highest BCUT2D eigenvalue weighted by molar-refractivity contribution is 6.03. The fourth-order valence-electron chi connectivity index (χ4n) is 6.79. The molecule has 0 amide bonds. The zero-order valence-electron chi connectivity index (χ0n) is 27.7. The van der Waals surface area contributed by atoms with Crippen LogP contribution in [0.3, 0.4) is 0 Å². The molecule has 2 heteroatoms. The quantitative estimate of drug-likeness (QED) is 0.155. The van der Waals surface area contributed by atoms with Crippen LogP contribution in [0.1, 0.15) is 0 Å². The monoisotopic (exact) mass is 640 g/mol. The average Bonchev–Trinajstić information content (AvgIpc) is 3.20. The lowest BCUT2D eigenvalue weighted by Gasteiger charge is -2.30. The van der Waals surface area contributed by atoms with Crippen molar-refractivity contribution in [3.05, 3.63) is 218 Å². The van der Waals surface area contributed by atoms with Gasteiger partial charge in [0.15, 0.2) is 0 Å². The van der Waals surface area contributed by atoms with E-state index in [4.69, 9.17) is 0 Å². The van der Waals surface area contributed by atoms with Crippen LogP contribution in [0.4, 0.5) is 34.1 Å². The van der Waals surface area contributed by atoms with E-state index < -0.39 is 0 Å². The van der Waals surface area contributed by atoms with Gasteiger partial charge in [-0.2, -0.15) is 0 Å². The Kier molecular flexibility index (Phi) is 8.73. The first kappa shape index (κ1) is 30.7. The van der Waals surface area contributed by atoms with Crippen LogP contribution in [0, 0.1) is 0 Å². The van der Waals surface area contributed by atoms with Gasteiger partial charge in [0, 0.05) is 34.0 Å². The third kappa shape index (κ3) is 6.19. The van der Waals surface area contributed by atoms with Crippen molar-refractivity contribution in [3.63, 3.8) is 0 Å². The summed E-state index contributed by atoms with van der Waals surface area (Å²) in [7, 11) is 0. The predicted octanol–water partition coefficient (Wildman–Crippen LogP) is 13.6. The second kappa shape index (κ2) is 14.2. The van der Waals surface area contributed by atoms with Crippen LogP contribution in [0.25, 0.3) is 33.4 Å². The molecule has 0 unspecified atom stereocenters. The normalized spacial score (nSPS) is 10.8. The van der Waals surface area contributed by atoms with Crippen molar-refractivity contribution in [2.75, 3.05) is 9.80 Å². The predicted molar refractivity (Wildman–Crippen MR) is 212 cm³/mol. The molecule has 0 heterocycles. The number of hydrogen-bond donors (Lipinski definition) is 0. The summed E-state index contributed by atoms with van der Waals surface area (Å²) in [5.74, 6) is 0. The minimum Gasteiger partial charge on any atom is -0.311 e. The number of benzene rings is 8. The standard InChI is InChI=1S/C48H36N2/c1-7-19-38(20-8-1)47-45(37-31-33-44(34-32-37)49(40-23-11-3-12-24-40)41-25-13-4-14-26-41)35-36-46(48(47)39-21-9-2-10-22-39)50(42-27-15-5-16-28-42)43-29-17-6-18-30-43/h1-36H. The largest absolute Gasteiger partial charge is 0.311 e. The zero-order valence-corrected chi connectivity index (χ0v) is 27.7. The summed E-state index contributed by atoms with van der Waals surface area (Å²) in [6.07, 6.45) is 0. The van der Waals surface area contributed by atoms with Crippen LogP contribution in [-0.2, 0) is 0 Å². The maximum absolute atomic E-state index is 2.37. The second-order valence-electron chi connectivity index (χ2n) is 12.2.